The van der Waals surface area contributed by atoms with Crippen LogP contribution in [0.5, 0.6) is 0 Å². The van der Waals surface area contributed by atoms with Crippen LogP contribution >= 0.6 is 0 Å². The molecule has 0 amide bonds. The first kappa shape index (κ1) is 15.9. The predicted molar refractivity (Wildman–Crippen MR) is 76.2 cm³/mol. The highest BCUT2D eigenvalue weighted by Crippen LogP contribution is 2.38. The Morgan fingerprint density at radius 3 is 2.39 bits per heavy atom. The first-order chi connectivity index (χ1) is 8.49. The zero-order valence-corrected chi connectivity index (χ0v) is 12.9. The molecule has 0 unspecified atom stereocenters. The van der Waals surface area contributed by atoms with Gasteiger partial charge in [0.15, 0.2) is 0 Å². The molecule has 0 aromatic rings. The van der Waals surface area contributed by atoms with Gasteiger partial charge in [0, 0.05) is 13.1 Å². The van der Waals surface area contributed by atoms with Crippen molar-refractivity contribution in [2.75, 3.05) is 31.9 Å². The molecule has 18 heavy (non-hydrogen) atoms. The van der Waals surface area contributed by atoms with Gasteiger partial charge in [-0.3, -0.25) is 0 Å². The fraction of sp³-hybridized carbons (Fsp3) is 1.00. The van der Waals surface area contributed by atoms with Crippen LogP contribution in [0.3, 0.4) is 0 Å². The molecule has 108 valence electrons. The lowest BCUT2D eigenvalue weighted by molar-refractivity contribution is 0.279. The van der Waals surface area contributed by atoms with E-state index in [1.165, 1.54) is 0 Å². The molecule has 0 aromatic heterocycles. The van der Waals surface area contributed by atoms with Crippen LogP contribution in [0, 0.1) is 5.41 Å². The van der Waals surface area contributed by atoms with Crippen LogP contribution in [-0.2, 0) is 10.0 Å². The van der Waals surface area contributed by atoms with Gasteiger partial charge < -0.3 is 5.32 Å². The fourth-order valence-electron chi connectivity index (χ4n) is 2.64. The highest BCUT2D eigenvalue weighted by atomic mass is 32.2. The summed E-state index contributed by atoms with van der Waals surface area (Å²) in [5, 5.41) is 3.17. The topological polar surface area (TPSA) is 49.4 Å². The van der Waals surface area contributed by atoms with Crippen molar-refractivity contribution in [1.29, 1.82) is 0 Å². The predicted octanol–water partition coefficient (Wildman–Crippen LogP) is 1.83. The molecule has 0 aliphatic carbocycles. The monoisotopic (exact) mass is 276 g/mol. The maximum atomic E-state index is 12.2. The normalized spacial score (nSPS) is 20.4. The first-order valence-corrected chi connectivity index (χ1v) is 8.79. The van der Waals surface area contributed by atoms with E-state index >= 15 is 0 Å². The van der Waals surface area contributed by atoms with Crippen molar-refractivity contribution in [2.45, 2.75) is 46.5 Å². The summed E-state index contributed by atoms with van der Waals surface area (Å²) in [5.74, 6) is 0.281. The summed E-state index contributed by atoms with van der Waals surface area (Å²) in [4.78, 5) is 0. The van der Waals surface area contributed by atoms with Crippen molar-refractivity contribution in [2.24, 2.45) is 5.41 Å². The summed E-state index contributed by atoms with van der Waals surface area (Å²) in [6.45, 7) is 9.50. The molecule has 0 saturated carbocycles. The smallest absolute Gasteiger partial charge is 0.214 e. The molecule has 0 radical (unpaired) electrons. The van der Waals surface area contributed by atoms with E-state index in [-0.39, 0.29) is 11.2 Å². The Balaban J connectivity index is 2.49. The molecule has 0 aromatic carbocycles. The molecule has 1 rings (SSSR count). The minimum Gasteiger partial charge on any atom is -0.317 e. The highest BCUT2D eigenvalue weighted by molar-refractivity contribution is 7.89. The van der Waals surface area contributed by atoms with Gasteiger partial charge in [0.25, 0.3) is 0 Å². The summed E-state index contributed by atoms with van der Waals surface area (Å²) < 4.78 is 26.1. The van der Waals surface area contributed by atoms with Crippen LogP contribution in [0.15, 0.2) is 0 Å². The van der Waals surface area contributed by atoms with Crippen LogP contribution < -0.4 is 5.32 Å². The number of hydrogen-bond acceptors (Lipinski definition) is 3. The van der Waals surface area contributed by atoms with Crippen LogP contribution in [0.2, 0.25) is 0 Å². The van der Waals surface area contributed by atoms with E-state index in [0.717, 1.165) is 38.9 Å². The van der Waals surface area contributed by atoms with Gasteiger partial charge in [-0.05, 0) is 44.2 Å². The van der Waals surface area contributed by atoms with E-state index in [1.54, 1.807) is 4.31 Å². The lowest BCUT2D eigenvalue weighted by atomic mass is 9.82. The van der Waals surface area contributed by atoms with Crippen molar-refractivity contribution in [3.05, 3.63) is 0 Å². The average molecular weight is 276 g/mol. The highest BCUT2D eigenvalue weighted by Gasteiger charge is 2.39. The Morgan fingerprint density at radius 1 is 1.22 bits per heavy atom. The second-order valence-electron chi connectivity index (χ2n) is 5.31. The summed E-state index contributed by atoms with van der Waals surface area (Å²) in [7, 11) is -3.04. The molecule has 0 spiro atoms. The number of sulfonamides is 1. The molecule has 5 heteroatoms. The molecule has 4 nitrogen and oxygen atoms in total. The van der Waals surface area contributed by atoms with E-state index in [9.17, 15) is 8.42 Å². The maximum absolute atomic E-state index is 12.2. The molecular formula is C13H28N2O2S. The van der Waals surface area contributed by atoms with Crippen LogP contribution in [0.4, 0.5) is 0 Å². The van der Waals surface area contributed by atoms with Crippen LogP contribution in [-0.4, -0.2) is 44.7 Å². The minimum absolute atomic E-state index is 0.231. The van der Waals surface area contributed by atoms with Gasteiger partial charge in [0.05, 0.1) is 5.75 Å². The zero-order chi connectivity index (χ0) is 13.6. The Labute approximate surface area is 112 Å². The zero-order valence-electron chi connectivity index (χ0n) is 12.0. The molecule has 1 saturated heterocycles. The molecule has 1 aliphatic heterocycles. The number of nitrogens with zero attached hydrogens (tertiary/aromatic N) is 1. The maximum Gasteiger partial charge on any atom is 0.214 e. The third-order valence-corrected chi connectivity index (χ3v) is 6.21. The number of nitrogens with one attached hydrogen (secondary N) is 1. The standard InChI is InChI=1S/C13H28N2O2S/c1-4-13(5-2)8-10-15(12-13)18(16,17)11-7-9-14-6-3/h14H,4-12H2,1-3H3. The van der Waals surface area contributed by atoms with Gasteiger partial charge in [0.2, 0.25) is 10.0 Å². The van der Waals surface area contributed by atoms with E-state index in [2.05, 4.69) is 19.2 Å². The first-order valence-electron chi connectivity index (χ1n) is 7.18. The molecule has 0 bridgehead atoms. The minimum atomic E-state index is -3.04. The number of hydrogen-bond donors (Lipinski definition) is 1. The molecule has 1 fully saturated rings. The second kappa shape index (κ2) is 6.87. The Bertz CT molecular complexity index is 337. The van der Waals surface area contributed by atoms with Gasteiger partial charge in [-0.1, -0.05) is 20.8 Å². The van der Waals surface area contributed by atoms with Gasteiger partial charge >= 0.3 is 0 Å². The van der Waals surface area contributed by atoms with Crippen molar-refractivity contribution in [3.8, 4) is 0 Å². The Kier molecular flexibility index (Phi) is 6.08. The fourth-order valence-corrected chi connectivity index (χ4v) is 4.25. The van der Waals surface area contributed by atoms with Crippen LogP contribution in [0.25, 0.3) is 0 Å². The van der Waals surface area contributed by atoms with Crippen molar-refractivity contribution < 1.29 is 8.42 Å². The van der Waals surface area contributed by atoms with E-state index < -0.39 is 10.0 Å². The molecule has 1 aliphatic rings. The quantitative estimate of drug-likeness (QED) is 0.688. The van der Waals surface area contributed by atoms with Gasteiger partial charge in [-0.2, -0.15) is 0 Å². The lowest BCUT2D eigenvalue weighted by Gasteiger charge is -2.26. The Hall–Kier alpha value is -0.130. The largest absolute Gasteiger partial charge is 0.317 e. The van der Waals surface area contributed by atoms with Crippen molar-refractivity contribution >= 4 is 10.0 Å². The SMILES string of the molecule is CCNCCCS(=O)(=O)N1CCC(CC)(CC)C1. The van der Waals surface area contributed by atoms with E-state index in [0.29, 0.717) is 13.0 Å². The van der Waals surface area contributed by atoms with Crippen molar-refractivity contribution in [1.82, 2.24) is 9.62 Å². The molecular weight excluding hydrogens is 248 g/mol. The van der Waals surface area contributed by atoms with E-state index in [1.807, 2.05) is 6.92 Å². The average Bonchev–Trinajstić information content (AvgIpc) is 2.81. The summed E-state index contributed by atoms with van der Waals surface area (Å²) in [6.07, 6.45) is 3.88. The third-order valence-electron chi connectivity index (χ3n) is 4.30. The number of rotatable bonds is 8. The molecule has 1 heterocycles. The summed E-state index contributed by atoms with van der Waals surface area (Å²) in [5.41, 5.74) is 0.231. The van der Waals surface area contributed by atoms with Gasteiger partial charge in [-0.15, -0.1) is 0 Å². The lowest BCUT2D eigenvalue weighted by Crippen LogP contribution is -2.34. The third kappa shape index (κ3) is 3.93. The summed E-state index contributed by atoms with van der Waals surface area (Å²) in [6, 6.07) is 0. The van der Waals surface area contributed by atoms with Crippen LogP contribution in [0.1, 0.15) is 46.5 Å². The molecule has 1 N–H and O–H groups in total. The summed E-state index contributed by atoms with van der Waals surface area (Å²) >= 11 is 0. The van der Waals surface area contributed by atoms with E-state index in [4.69, 9.17) is 0 Å². The second-order valence-corrected chi connectivity index (χ2v) is 7.40. The molecule has 0 atom stereocenters. The van der Waals surface area contributed by atoms with Gasteiger partial charge in [-0.25, -0.2) is 12.7 Å². The van der Waals surface area contributed by atoms with Gasteiger partial charge in [0.1, 0.15) is 0 Å². The van der Waals surface area contributed by atoms with Crippen molar-refractivity contribution in [3.63, 3.8) is 0 Å². The Morgan fingerprint density at radius 2 is 1.89 bits per heavy atom.